The second kappa shape index (κ2) is 13.1. The molecule has 40 heavy (non-hydrogen) atoms. The average Bonchev–Trinajstić information content (AvgIpc) is 2.90. The summed E-state index contributed by atoms with van der Waals surface area (Å²) in [5.74, 6) is -0.507. The van der Waals surface area contributed by atoms with E-state index in [1.54, 1.807) is 43.3 Å². The minimum atomic E-state index is -4.09. The van der Waals surface area contributed by atoms with E-state index >= 15 is 0 Å². The summed E-state index contributed by atoms with van der Waals surface area (Å²) in [4.78, 5) is 28.6. The van der Waals surface area contributed by atoms with Gasteiger partial charge in [-0.3, -0.25) is 13.9 Å². The number of carbonyl (C=O) groups is 2. The molecular formula is C32H41N3O4S. The second-order valence-electron chi connectivity index (χ2n) is 10.9. The first-order valence-electron chi connectivity index (χ1n) is 13.6. The molecule has 0 fully saturated rings. The number of anilines is 1. The van der Waals surface area contributed by atoms with E-state index in [-0.39, 0.29) is 29.3 Å². The highest BCUT2D eigenvalue weighted by atomic mass is 32.2. The Morgan fingerprint density at radius 1 is 0.825 bits per heavy atom. The fourth-order valence-electron chi connectivity index (χ4n) is 4.35. The Balaban J connectivity index is 2.06. The molecule has 3 aromatic carbocycles. The van der Waals surface area contributed by atoms with Crippen LogP contribution in [0.15, 0.2) is 77.7 Å². The summed E-state index contributed by atoms with van der Waals surface area (Å²) >= 11 is 0. The predicted octanol–water partition coefficient (Wildman–Crippen LogP) is 5.56. The summed E-state index contributed by atoms with van der Waals surface area (Å²) in [6.45, 7) is 13.1. The van der Waals surface area contributed by atoms with E-state index in [0.29, 0.717) is 5.69 Å². The van der Waals surface area contributed by atoms with Gasteiger partial charge in [0.25, 0.3) is 10.0 Å². The Kier molecular flexibility index (Phi) is 10.1. The molecule has 0 spiro atoms. The molecule has 0 bridgehead atoms. The lowest BCUT2D eigenvalue weighted by atomic mass is 10.0. The third kappa shape index (κ3) is 7.50. The third-order valence-corrected chi connectivity index (χ3v) is 8.72. The summed E-state index contributed by atoms with van der Waals surface area (Å²) in [6, 6.07) is 20.5. The van der Waals surface area contributed by atoms with Gasteiger partial charge in [0.15, 0.2) is 0 Å². The van der Waals surface area contributed by atoms with Gasteiger partial charge in [-0.05, 0) is 81.5 Å². The van der Waals surface area contributed by atoms with Gasteiger partial charge in [-0.15, -0.1) is 0 Å². The van der Waals surface area contributed by atoms with Crippen LogP contribution in [0.1, 0.15) is 62.8 Å². The first kappa shape index (κ1) is 30.9. The molecule has 7 nitrogen and oxygen atoms in total. The quantitative estimate of drug-likeness (QED) is 0.331. The number of nitrogens with zero attached hydrogens (tertiary/aromatic N) is 2. The lowest BCUT2D eigenvalue weighted by molar-refractivity contribution is -0.139. The van der Waals surface area contributed by atoms with E-state index in [1.807, 2.05) is 64.1 Å². The average molecular weight is 564 g/mol. The SMILES string of the molecule is Cc1ccc(S(=O)(=O)N(CC(=O)N(Cc2ccccc2C)[C@H](C)C(=O)NC(C)C)c2ccc(C(C)C)cc2)cc1. The molecule has 0 aliphatic carbocycles. The van der Waals surface area contributed by atoms with Crippen molar-refractivity contribution in [3.8, 4) is 0 Å². The number of rotatable bonds is 11. The molecule has 0 radical (unpaired) electrons. The van der Waals surface area contributed by atoms with Crippen LogP contribution in [0.25, 0.3) is 0 Å². The van der Waals surface area contributed by atoms with Crippen molar-refractivity contribution in [2.24, 2.45) is 0 Å². The van der Waals surface area contributed by atoms with Crippen LogP contribution < -0.4 is 9.62 Å². The lowest BCUT2D eigenvalue weighted by Crippen LogP contribution is -2.52. The maximum absolute atomic E-state index is 14.0. The molecule has 0 saturated heterocycles. The van der Waals surface area contributed by atoms with Crippen LogP contribution in [0.2, 0.25) is 0 Å². The molecule has 0 saturated carbocycles. The zero-order valence-corrected chi connectivity index (χ0v) is 25.3. The number of carbonyl (C=O) groups excluding carboxylic acids is 2. The topological polar surface area (TPSA) is 86.8 Å². The molecule has 0 aromatic heterocycles. The highest BCUT2D eigenvalue weighted by Crippen LogP contribution is 2.27. The van der Waals surface area contributed by atoms with Gasteiger partial charge in [0, 0.05) is 12.6 Å². The minimum absolute atomic E-state index is 0.0925. The van der Waals surface area contributed by atoms with Gasteiger partial charge in [0.1, 0.15) is 12.6 Å². The fraction of sp³-hybridized carbons (Fsp3) is 0.375. The second-order valence-corrected chi connectivity index (χ2v) is 12.7. The molecule has 3 rings (SSSR count). The van der Waals surface area contributed by atoms with E-state index in [2.05, 4.69) is 19.2 Å². The minimum Gasteiger partial charge on any atom is -0.352 e. The molecule has 214 valence electrons. The summed E-state index contributed by atoms with van der Waals surface area (Å²) in [5.41, 5.74) is 4.23. The zero-order valence-electron chi connectivity index (χ0n) is 24.5. The Morgan fingerprint density at radius 2 is 1.43 bits per heavy atom. The van der Waals surface area contributed by atoms with Gasteiger partial charge in [-0.25, -0.2) is 8.42 Å². The van der Waals surface area contributed by atoms with Crippen molar-refractivity contribution in [2.45, 2.75) is 77.9 Å². The van der Waals surface area contributed by atoms with Gasteiger partial charge in [-0.1, -0.05) is 67.9 Å². The van der Waals surface area contributed by atoms with Gasteiger partial charge < -0.3 is 10.2 Å². The molecule has 1 N–H and O–H groups in total. The lowest BCUT2D eigenvalue weighted by Gasteiger charge is -2.32. The van der Waals surface area contributed by atoms with Crippen LogP contribution in [-0.4, -0.2) is 43.8 Å². The standard InChI is InChI=1S/C32H41N3O4S/c1-22(2)27-14-16-29(17-15-27)35(40(38,39)30-18-12-24(5)13-19-30)21-31(36)34(26(7)32(37)33-23(3)4)20-28-11-9-8-10-25(28)6/h8-19,22-23,26H,20-21H2,1-7H3,(H,33,37)/t26-/m1/s1. The highest BCUT2D eigenvalue weighted by molar-refractivity contribution is 7.92. The van der Waals surface area contributed by atoms with Crippen LogP contribution in [0.3, 0.4) is 0 Å². The number of sulfonamides is 1. The number of amides is 2. The molecule has 3 aromatic rings. The van der Waals surface area contributed by atoms with Crippen LogP contribution in [0.4, 0.5) is 5.69 Å². The maximum atomic E-state index is 14.0. The Labute approximate surface area is 239 Å². The van der Waals surface area contributed by atoms with Gasteiger partial charge in [0.2, 0.25) is 11.8 Å². The Morgan fingerprint density at radius 3 is 1.98 bits per heavy atom. The third-order valence-electron chi connectivity index (χ3n) is 6.94. The predicted molar refractivity (Wildman–Crippen MR) is 161 cm³/mol. The monoisotopic (exact) mass is 563 g/mol. The van der Waals surface area contributed by atoms with Crippen LogP contribution in [0.5, 0.6) is 0 Å². The molecule has 8 heteroatoms. The first-order chi connectivity index (χ1) is 18.8. The van der Waals surface area contributed by atoms with Gasteiger partial charge >= 0.3 is 0 Å². The van der Waals surface area contributed by atoms with Crippen LogP contribution in [-0.2, 0) is 26.2 Å². The van der Waals surface area contributed by atoms with Crippen molar-refractivity contribution in [1.82, 2.24) is 10.2 Å². The van der Waals surface area contributed by atoms with Crippen molar-refractivity contribution in [2.75, 3.05) is 10.8 Å². The first-order valence-corrected chi connectivity index (χ1v) is 15.1. The van der Waals surface area contributed by atoms with Crippen LogP contribution >= 0.6 is 0 Å². The highest BCUT2D eigenvalue weighted by Gasteiger charge is 2.33. The van der Waals surface area contributed by atoms with Crippen molar-refractivity contribution in [3.63, 3.8) is 0 Å². The molecule has 1 atom stereocenters. The summed E-state index contributed by atoms with van der Waals surface area (Å²) in [7, 11) is -4.09. The van der Waals surface area contributed by atoms with Gasteiger partial charge in [-0.2, -0.15) is 0 Å². The van der Waals surface area contributed by atoms with Crippen molar-refractivity contribution in [3.05, 3.63) is 95.1 Å². The molecule has 2 amide bonds. The summed E-state index contributed by atoms with van der Waals surface area (Å²) in [6.07, 6.45) is 0. The molecule has 0 unspecified atom stereocenters. The van der Waals surface area contributed by atoms with E-state index < -0.39 is 28.5 Å². The van der Waals surface area contributed by atoms with E-state index in [4.69, 9.17) is 0 Å². The molecule has 0 heterocycles. The zero-order chi connectivity index (χ0) is 29.6. The Bertz CT molecular complexity index is 1420. The van der Waals surface area contributed by atoms with E-state index in [9.17, 15) is 18.0 Å². The smallest absolute Gasteiger partial charge is 0.264 e. The number of hydrogen-bond donors (Lipinski definition) is 1. The van der Waals surface area contributed by atoms with Crippen LogP contribution in [0, 0.1) is 13.8 Å². The van der Waals surface area contributed by atoms with Crippen molar-refractivity contribution in [1.29, 1.82) is 0 Å². The molecule has 0 aliphatic rings. The number of hydrogen-bond acceptors (Lipinski definition) is 4. The molecular weight excluding hydrogens is 522 g/mol. The number of aryl methyl sites for hydroxylation is 2. The van der Waals surface area contributed by atoms with Gasteiger partial charge in [0.05, 0.1) is 10.6 Å². The summed E-state index contributed by atoms with van der Waals surface area (Å²) < 4.78 is 29.1. The summed E-state index contributed by atoms with van der Waals surface area (Å²) in [5, 5.41) is 2.88. The normalized spacial score (nSPS) is 12.3. The van der Waals surface area contributed by atoms with E-state index in [0.717, 1.165) is 26.6 Å². The van der Waals surface area contributed by atoms with Crippen molar-refractivity contribution < 1.29 is 18.0 Å². The molecule has 0 aliphatic heterocycles. The Hall–Kier alpha value is -3.65. The van der Waals surface area contributed by atoms with Crippen molar-refractivity contribution >= 4 is 27.5 Å². The number of benzene rings is 3. The largest absolute Gasteiger partial charge is 0.352 e. The fourth-order valence-corrected chi connectivity index (χ4v) is 5.76. The number of nitrogens with one attached hydrogen (secondary N) is 1. The maximum Gasteiger partial charge on any atom is 0.264 e. The van der Waals surface area contributed by atoms with E-state index in [1.165, 1.54) is 4.90 Å².